The fraction of sp³-hybridized carbons (Fsp3) is 0.545. The van der Waals surface area contributed by atoms with Crippen LogP contribution < -0.4 is 10.9 Å². The Kier molecular flexibility index (Phi) is 4.81. The Morgan fingerprint density at radius 1 is 1.19 bits per heavy atom. The van der Waals surface area contributed by atoms with Crippen LogP contribution in [0.15, 0.2) is 35.1 Å². The number of para-hydroxylation sites is 1. The van der Waals surface area contributed by atoms with Crippen molar-refractivity contribution < 1.29 is 4.79 Å². The van der Waals surface area contributed by atoms with Crippen LogP contribution in [0, 0.1) is 0 Å². The van der Waals surface area contributed by atoms with Gasteiger partial charge in [0.05, 0.1) is 5.52 Å². The minimum Gasteiger partial charge on any atom is -0.349 e. The van der Waals surface area contributed by atoms with Gasteiger partial charge in [-0.15, -0.1) is 0 Å². The maximum Gasteiger partial charge on any atom is 0.264 e. The number of benzene rings is 1. The quantitative estimate of drug-likeness (QED) is 0.902. The van der Waals surface area contributed by atoms with Gasteiger partial charge in [-0.1, -0.05) is 25.1 Å². The standard InChI is InChI=1S/C22H29N3O2/c1-4-24-17-9-10-18(24)13-16(12-17)23-21(26)19-11-15-7-5-6-8-20(15)25(14(2)3)22(19)27/h5-8,11,14,16-18H,4,9-10,12-13H2,1-3H3,(H,23,26)/t17-,18-/m1/s1. The van der Waals surface area contributed by atoms with Gasteiger partial charge in [-0.2, -0.15) is 0 Å². The Labute approximate surface area is 160 Å². The monoisotopic (exact) mass is 367 g/mol. The van der Waals surface area contributed by atoms with Crippen LogP contribution in [0.4, 0.5) is 0 Å². The van der Waals surface area contributed by atoms with Crippen molar-refractivity contribution in [1.29, 1.82) is 0 Å². The largest absolute Gasteiger partial charge is 0.349 e. The first kappa shape index (κ1) is 18.2. The van der Waals surface area contributed by atoms with Gasteiger partial charge in [0.15, 0.2) is 0 Å². The molecule has 2 bridgehead atoms. The lowest BCUT2D eigenvalue weighted by molar-refractivity contribution is 0.0855. The van der Waals surface area contributed by atoms with E-state index in [4.69, 9.17) is 0 Å². The molecule has 2 saturated heterocycles. The molecule has 2 atom stereocenters. The lowest BCUT2D eigenvalue weighted by Gasteiger charge is -2.38. The number of rotatable bonds is 4. The first-order valence-corrected chi connectivity index (χ1v) is 10.2. The minimum atomic E-state index is -0.227. The molecule has 144 valence electrons. The van der Waals surface area contributed by atoms with Gasteiger partial charge in [-0.05, 0) is 63.6 Å². The Balaban J connectivity index is 1.62. The highest BCUT2D eigenvalue weighted by molar-refractivity contribution is 5.97. The summed E-state index contributed by atoms with van der Waals surface area (Å²) < 4.78 is 1.73. The van der Waals surface area contributed by atoms with Crippen molar-refractivity contribution in [2.45, 2.75) is 70.6 Å². The van der Waals surface area contributed by atoms with Crippen molar-refractivity contribution in [2.75, 3.05) is 6.54 Å². The number of hydrogen-bond donors (Lipinski definition) is 1. The van der Waals surface area contributed by atoms with Gasteiger partial charge in [0, 0.05) is 24.2 Å². The van der Waals surface area contributed by atoms with Crippen molar-refractivity contribution in [1.82, 2.24) is 14.8 Å². The molecule has 4 rings (SSSR count). The number of carbonyl (C=O) groups is 1. The van der Waals surface area contributed by atoms with Crippen LogP contribution in [0.2, 0.25) is 0 Å². The van der Waals surface area contributed by atoms with Crippen LogP contribution in [0.5, 0.6) is 0 Å². The van der Waals surface area contributed by atoms with Gasteiger partial charge in [0.25, 0.3) is 11.5 Å². The van der Waals surface area contributed by atoms with Crippen molar-refractivity contribution in [3.8, 4) is 0 Å². The van der Waals surface area contributed by atoms with E-state index >= 15 is 0 Å². The zero-order valence-electron chi connectivity index (χ0n) is 16.4. The molecule has 0 unspecified atom stereocenters. The third-order valence-electron chi connectivity index (χ3n) is 6.29. The van der Waals surface area contributed by atoms with Gasteiger partial charge < -0.3 is 9.88 Å². The van der Waals surface area contributed by atoms with E-state index in [9.17, 15) is 9.59 Å². The summed E-state index contributed by atoms with van der Waals surface area (Å²) in [6.45, 7) is 7.26. The van der Waals surface area contributed by atoms with Gasteiger partial charge in [-0.25, -0.2) is 0 Å². The van der Waals surface area contributed by atoms with E-state index in [2.05, 4.69) is 17.1 Å². The highest BCUT2D eigenvalue weighted by Gasteiger charge is 2.40. The van der Waals surface area contributed by atoms with E-state index in [1.165, 1.54) is 12.8 Å². The first-order chi connectivity index (χ1) is 13.0. The predicted molar refractivity (Wildman–Crippen MR) is 108 cm³/mol. The van der Waals surface area contributed by atoms with Crippen molar-refractivity contribution in [3.05, 3.63) is 46.2 Å². The number of carbonyl (C=O) groups excluding carboxylic acids is 1. The number of nitrogens with one attached hydrogen (secondary N) is 1. The second-order valence-electron chi connectivity index (χ2n) is 8.24. The SMILES string of the molecule is CCN1[C@@H]2CC[C@@H]1CC(NC(=O)c1cc3ccccc3n(C(C)C)c1=O)C2. The highest BCUT2D eigenvalue weighted by atomic mass is 16.2. The molecule has 0 saturated carbocycles. The Morgan fingerprint density at radius 2 is 1.85 bits per heavy atom. The topological polar surface area (TPSA) is 54.3 Å². The predicted octanol–water partition coefficient (Wildman–Crippen LogP) is 3.33. The molecule has 1 N–H and O–H groups in total. The second-order valence-corrected chi connectivity index (χ2v) is 8.24. The van der Waals surface area contributed by atoms with E-state index in [0.717, 1.165) is 30.3 Å². The summed E-state index contributed by atoms with van der Waals surface area (Å²) in [6, 6.07) is 10.8. The summed E-state index contributed by atoms with van der Waals surface area (Å²) >= 11 is 0. The second kappa shape index (κ2) is 7.12. The summed E-state index contributed by atoms with van der Waals surface area (Å²) in [5.74, 6) is -0.227. The Morgan fingerprint density at radius 3 is 2.48 bits per heavy atom. The van der Waals surface area contributed by atoms with Gasteiger partial charge in [0.2, 0.25) is 0 Å². The molecule has 2 fully saturated rings. The van der Waals surface area contributed by atoms with Crippen molar-refractivity contribution in [2.24, 2.45) is 0 Å². The molecule has 1 aromatic carbocycles. The zero-order chi connectivity index (χ0) is 19.1. The number of piperidine rings is 1. The fourth-order valence-electron chi connectivity index (χ4n) is 5.13. The number of hydrogen-bond acceptors (Lipinski definition) is 3. The van der Waals surface area contributed by atoms with E-state index < -0.39 is 0 Å². The van der Waals surface area contributed by atoms with Gasteiger partial charge >= 0.3 is 0 Å². The smallest absolute Gasteiger partial charge is 0.264 e. The van der Waals surface area contributed by atoms with Crippen LogP contribution >= 0.6 is 0 Å². The zero-order valence-corrected chi connectivity index (χ0v) is 16.4. The third-order valence-corrected chi connectivity index (χ3v) is 6.29. The Hall–Kier alpha value is -2.14. The van der Waals surface area contributed by atoms with Gasteiger partial charge in [-0.3, -0.25) is 14.5 Å². The maximum atomic E-state index is 13.0. The fourth-order valence-corrected chi connectivity index (χ4v) is 5.13. The molecule has 1 aromatic heterocycles. The first-order valence-electron chi connectivity index (χ1n) is 10.2. The molecule has 0 radical (unpaired) electrons. The number of nitrogens with zero attached hydrogens (tertiary/aromatic N) is 2. The maximum absolute atomic E-state index is 13.0. The summed E-state index contributed by atoms with van der Waals surface area (Å²) in [5, 5.41) is 4.10. The lowest BCUT2D eigenvalue weighted by atomic mass is 9.97. The molecule has 2 aromatic rings. The molecule has 5 heteroatoms. The Bertz CT molecular complexity index is 903. The molecule has 3 heterocycles. The third kappa shape index (κ3) is 3.18. The molecule has 1 amide bonds. The van der Waals surface area contributed by atoms with Crippen molar-refractivity contribution >= 4 is 16.8 Å². The van der Waals surface area contributed by atoms with Crippen molar-refractivity contribution in [3.63, 3.8) is 0 Å². The molecule has 0 spiro atoms. The number of amides is 1. The lowest BCUT2D eigenvalue weighted by Crippen LogP contribution is -2.50. The average molecular weight is 367 g/mol. The average Bonchev–Trinajstić information content (AvgIpc) is 2.89. The summed E-state index contributed by atoms with van der Waals surface area (Å²) in [6.07, 6.45) is 4.42. The number of aromatic nitrogens is 1. The molecular weight excluding hydrogens is 338 g/mol. The van der Waals surface area contributed by atoms with E-state index in [1.54, 1.807) is 10.6 Å². The summed E-state index contributed by atoms with van der Waals surface area (Å²) in [7, 11) is 0. The molecule has 5 nitrogen and oxygen atoms in total. The van der Waals surface area contributed by atoms with Crippen LogP contribution in [0.1, 0.15) is 62.9 Å². The van der Waals surface area contributed by atoms with E-state index in [0.29, 0.717) is 12.1 Å². The van der Waals surface area contributed by atoms with E-state index in [1.807, 2.05) is 38.1 Å². The molecule has 2 aliphatic rings. The molecule has 27 heavy (non-hydrogen) atoms. The molecular formula is C22H29N3O2. The summed E-state index contributed by atoms with van der Waals surface area (Å²) in [4.78, 5) is 28.6. The molecule has 2 aliphatic heterocycles. The molecule has 0 aliphatic carbocycles. The van der Waals surface area contributed by atoms with Crippen LogP contribution in [0.3, 0.4) is 0 Å². The highest BCUT2D eigenvalue weighted by Crippen LogP contribution is 2.35. The van der Waals surface area contributed by atoms with E-state index in [-0.39, 0.29) is 29.1 Å². The van der Waals surface area contributed by atoms with Crippen LogP contribution in [-0.2, 0) is 0 Å². The summed E-state index contributed by atoms with van der Waals surface area (Å²) in [5.41, 5.74) is 0.936. The number of fused-ring (bicyclic) bond motifs is 3. The van der Waals surface area contributed by atoms with Gasteiger partial charge in [0.1, 0.15) is 5.56 Å². The normalized spacial score (nSPS) is 25.3. The van der Waals surface area contributed by atoms with Crippen LogP contribution in [-0.4, -0.2) is 40.0 Å². The number of pyridine rings is 1. The minimum absolute atomic E-state index is 0.00112. The van der Waals surface area contributed by atoms with Crippen LogP contribution in [0.25, 0.3) is 10.9 Å².